The van der Waals surface area contributed by atoms with Crippen LogP contribution in [0.2, 0.25) is 5.02 Å². The SMILES string of the molecule is O=C(CCc1ccccc1)NNC(=O)c1ccc(=O)n(Cc2ccc(Cl)cc2)c1. The van der Waals surface area contributed by atoms with Crippen LogP contribution in [0.15, 0.2) is 77.7 Å². The van der Waals surface area contributed by atoms with E-state index >= 15 is 0 Å². The van der Waals surface area contributed by atoms with Crippen LogP contribution in [0, 0.1) is 0 Å². The van der Waals surface area contributed by atoms with Crippen LogP contribution in [0.5, 0.6) is 0 Å². The zero-order chi connectivity index (χ0) is 20.6. The lowest BCUT2D eigenvalue weighted by atomic mass is 10.1. The lowest BCUT2D eigenvalue weighted by Gasteiger charge is -2.10. The summed E-state index contributed by atoms with van der Waals surface area (Å²) in [6, 6.07) is 19.5. The Morgan fingerprint density at radius 2 is 1.59 bits per heavy atom. The van der Waals surface area contributed by atoms with Gasteiger partial charge in [0.25, 0.3) is 11.5 Å². The van der Waals surface area contributed by atoms with Gasteiger partial charge in [-0.15, -0.1) is 0 Å². The van der Waals surface area contributed by atoms with Gasteiger partial charge in [0.05, 0.1) is 12.1 Å². The second-order valence-corrected chi connectivity index (χ2v) is 6.93. The lowest BCUT2D eigenvalue weighted by molar-refractivity contribution is -0.121. The predicted molar refractivity (Wildman–Crippen MR) is 112 cm³/mol. The Kier molecular flexibility index (Phi) is 6.81. The Morgan fingerprint density at radius 1 is 0.862 bits per heavy atom. The number of rotatable bonds is 6. The standard InChI is InChI=1S/C22H20ClN3O3/c23-19-10-6-17(7-11-19)14-26-15-18(9-13-21(26)28)22(29)25-24-20(27)12-8-16-4-2-1-3-5-16/h1-7,9-11,13,15H,8,12,14H2,(H,24,27)(H,25,29). The minimum atomic E-state index is -0.497. The van der Waals surface area contributed by atoms with Crippen molar-refractivity contribution in [2.75, 3.05) is 0 Å². The van der Waals surface area contributed by atoms with Crippen molar-refractivity contribution in [1.29, 1.82) is 0 Å². The Hall–Kier alpha value is -3.38. The molecule has 7 heteroatoms. The molecule has 29 heavy (non-hydrogen) atoms. The fourth-order valence-electron chi connectivity index (χ4n) is 2.74. The molecule has 0 atom stereocenters. The number of hydrazine groups is 1. The fraction of sp³-hybridized carbons (Fsp3) is 0.136. The molecular formula is C22H20ClN3O3. The third-order valence-corrected chi connectivity index (χ3v) is 4.56. The molecule has 0 saturated carbocycles. The van der Waals surface area contributed by atoms with Gasteiger partial charge in [0.1, 0.15) is 0 Å². The third kappa shape index (κ3) is 6.05. The van der Waals surface area contributed by atoms with Crippen molar-refractivity contribution in [2.24, 2.45) is 0 Å². The quantitative estimate of drug-likeness (QED) is 0.614. The maximum absolute atomic E-state index is 12.3. The lowest BCUT2D eigenvalue weighted by Crippen LogP contribution is -2.42. The van der Waals surface area contributed by atoms with Crippen LogP contribution in [0.25, 0.3) is 0 Å². The number of benzene rings is 2. The first-order valence-corrected chi connectivity index (χ1v) is 9.47. The van der Waals surface area contributed by atoms with Gasteiger partial charge in [-0.1, -0.05) is 54.1 Å². The highest BCUT2D eigenvalue weighted by molar-refractivity contribution is 6.30. The number of nitrogens with one attached hydrogen (secondary N) is 2. The van der Waals surface area contributed by atoms with E-state index in [1.165, 1.54) is 22.9 Å². The third-order valence-electron chi connectivity index (χ3n) is 4.31. The molecule has 148 valence electrons. The second kappa shape index (κ2) is 9.71. The van der Waals surface area contributed by atoms with E-state index in [0.717, 1.165) is 11.1 Å². The van der Waals surface area contributed by atoms with Gasteiger partial charge < -0.3 is 4.57 Å². The molecule has 0 radical (unpaired) electrons. The molecule has 2 amide bonds. The summed E-state index contributed by atoms with van der Waals surface area (Å²) < 4.78 is 1.43. The van der Waals surface area contributed by atoms with Crippen molar-refractivity contribution in [3.05, 3.63) is 105 Å². The molecule has 3 aromatic rings. The van der Waals surface area contributed by atoms with Gasteiger partial charge in [-0.05, 0) is 35.7 Å². The Balaban J connectivity index is 1.57. The van der Waals surface area contributed by atoms with Crippen LogP contribution >= 0.6 is 11.6 Å². The van der Waals surface area contributed by atoms with Crippen molar-refractivity contribution in [3.8, 4) is 0 Å². The van der Waals surface area contributed by atoms with Crippen LogP contribution in [0.1, 0.15) is 27.9 Å². The van der Waals surface area contributed by atoms with E-state index in [-0.39, 0.29) is 23.5 Å². The maximum Gasteiger partial charge on any atom is 0.271 e. The molecule has 0 spiro atoms. The normalized spacial score (nSPS) is 10.4. The first-order chi connectivity index (χ1) is 14.0. The average molecular weight is 410 g/mol. The molecule has 0 bridgehead atoms. The van der Waals surface area contributed by atoms with Gasteiger partial charge in [0.15, 0.2) is 0 Å². The number of aryl methyl sites for hydroxylation is 1. The summed E-state index contributed by atoms with van der Waals surface area (Å²) in [5, 5.41) is 0.609. The minimum absolute atomic E-state index is 0.233. The molecule has 0 saturated heterocycles. The van der Waals surface area contributed by atoms with E-state index in [1.807, 2.05) is 42.5 Å². The van der Waals surface area contributed by atoms with Gasteiger partial charge in [0.2, 0.25) is 5.91 Å². The van der Waals surface area contributed by atoms with E-state index < -0.39 is 5.91 Å². The van der Waals surface area contributed by atoms with Gasteiger partial charge in [-0.2, -0.15) is 0 Å². The van der Waals surface area contributed by atoms with E-state index in [9.17, 15) is 14.4 Å². The average Bonchev–Trinajstić information content (AvgIpc) is 2.74. The minimum Gasteiger partial charge on any atom is -0.310 e. The van der Waals surface area contributed by atoms with Crippen molar-refractivity contribution >= 4 is 23.4 Å². The van der Waals surface area contributed by atoms with Crippen LogP contribution in [0.4, 0.5) is 0 Å². The van der Waals surface area contributed by atoms with Crippen molar-refractivity contribution in [2.45, 2.75) is 19.4 Å². The first-order valence-electron chi connectivity index (χ1n) is 9.09. The van der Waals surface area contributed by atoms with E-state index in [0.29, 0.717) is 18.0 Å². The molecule has 1 heterocycles. The number of pyridine rings is 1. The van der Waals surface area contributed by atoms with E-state index in [2.05, 4.69) is 10.9 Å². The fourth-order valence-corrected chi connectivity index (χ4v) is 2.87. The second-order valence-electron chi connectivity index (χ2n) is 6.50. The Morgan fingerprint density at radius 3 is 2.31 bits per heavy atom. The van der Waals surface area contributed by atoms with Gasteiger partial charge in [-0.3, -0.25) is 25.2 Å². The maximum atomic E-state index is 12.3. The molecule has 0 aliphatic rings. The van der Waals surface area contributed by atoms with Crippen molar-refractivity contribution in [1.82, 2.24) is 15.4 Å². The summed E-state index contributed by atoms with van der Waals surface area (Å²) in [5.41, 5.74) is 6.74. The highest BCUT2D eigenvalue weighted by Crippen LogP contribution is 2.10. The van der Waals surface area contributed by atoms with Crippen LogP contribution in [-0.4, -0.2) is 16.4 Å². The highest BCUT2D eigenvalue weighted by atomic mass is 35.5. The van der Waals surface area contributed by atoms with E-state index in [1.54, 1.807) is 12.1 Å². The molecule has 0 fully saturated rings. The number of hydrogen-bond donors (Lipinski definition) is 2. The van der Waals surface area contributed by atoms with Gasteiger partial charge in [-0.25, -0.2) is 0 Å². The summed E-state index contributed by atoms with van der Waals surface area (Å²) in [7, 11) is 0. The smallest absolute Gasteiger partial charge is 0.271 e. The zero-order valence-electron chi connectivity index (χ0n) is 15.6. The summed E-state index contributed by atoms with van der Waals surface area (Å²) in [4.78, 5) is 36.4. The topological polar surface area (TPSA) is 80.2 Å². The monoisotopic (exact) mass is 409 g/mol. The number of halogens is 1. The largest absolute Gasteiger partial charge is 0.310 e. The predicted octanol–water partition coefficient (Wildman–Crippen LogP) is 2.94. The molecule has 3 rings (SSSR count). The Bertz CT molecular complexity index is 1050. The summed E-state index contributed by atoms with van der Waals surface area (Å²) in [5.74, 6) is -0.792. The van der Waals surface area contributed by atoms with Gasteiger partial charge >= 0.3 is 0 Å². The molecule has 1 aromatic heterocycles. The van der Waals surface area contributed by atoms with Crippen LogP contribution in [0.3, 0.4) is 0 Å². The van der Waals surface area contributed by atoms with Crippen LogP contribution in [-0.2, 0) is 17.8 Å². The summed E-state index contributed by atoms with van der Waals surface area (Å²) >= 11 is 5.87. The number of carbonyl (C=O) groups excluding carboxylic acids is 2. The number of hydrogen-bond acceptors (Lipinski definition) is 3. The number of amides is 2. The summed E-state index contributed by atoms with van der Waals surface area (Å²) in [6.07, 6.45) is 2.29. The van der Waals surface area contributed by atoms with Crippen LogP contribution < -0.4 is 16.4 Å². The number of aromatic nitrogens is 1. The number of nitrogens with zero attached hydrogens (tertiary/aromatic N) is 1. The molecule has 6 nitrogen and oxygen atoms in total. The first kappa shape index (κ1) is 20.4. The molecule has 0 aliphatic heterocycles. The molecule has 2 N–H and O–H groups in total. The van der Waals surface area contributed by atoms with E-state index in [4.69, 9.17) is 11.6 Å². The molecule has 0 aliphatic carbocycles. The van der Waals surface area contributed by atoms with Crippen molar-refractivity contribution < 1.29 is 9.59 Å². The molecule has 0 unspecified atom stereocenters. The highest BCUT2D eigenvalue weighted by Gasteiger charge is 2.10. The Labute approximate surface area is 173 Å². The molecular weight excluding hydrogens is 390 g/mol. The summed E-state index contributed by atoms with van der Waals surface area (Å²) in [6.45, 7) is 0.306. The van der Waals surface area contributed by atoms with Crippen molar-refractivity contribution in [3.63, 3.8) is 0 Å². The zero-order valence-corrected chi connectivity index (χ0v) is 16.4. The molecule has 2 aromatic carbocycles. The number of carbonyl (C=O) groups is 2. The van der Waals surface area contributed by atoms with Gasteiger partial charge in [0, 0.05) is 23.7 Å².